The molecule has 5 nitrogen and oxygen atoms in total. The Bertz CT molecular complexity index is 732. The molecule has 1 aliphatic carbocycles. The molecule has 2 heterocycles. The molecule has 2 aromatic rings. The number of benzene rings is 1. The molecular formula is C19H27ClN2O3. The Morgan fingerprint density at radius 1 is 1.16 bits per heavy atom. The van der Waals surface area contributed by atoms with Gasteiger partial charge in [-0.1, -0.05) is 19.3 Å². The second-order valence-electron chi connectivity index (χ2n) is 7.09. The lowest BCUT2D eigenvalue weighted by molar-refractivity contribution is 0.0609. The largest absolute Gasteiger partial charge is 0.486 e. The van der Waals surface area contributed by atoms with Crippen LogP contribution in [0.3, 0.4) is 0 Å². The Balaban J connectivity index is 0.00000113. The van der Waals surface area contributed by atoms with Crippen LogP contribution in [0, 0.1) is 6.92 Å². The van der Waals surface area contributed by atoms with Crippen LogP contribution in [0.2, 0.25) is 0 Å². The van der Waals surface area contributed by atoms with E-state index in [-0.39, 0.29) is 29.5 Å². The summed E-state index contributed by atoms with van der Waals surface area (Å²) < 4.78 is 12.3. The average molecular weight is 367 g/mol. The van der Waals surface area contributed by atoms with Crippen LogP contribution in [-0.2, 0) is 0 Å². The summed E-state index contributed by atoms with van der Waals surface area (Å²) in [5.41, 5.74) is 8.46. The number of nitrogens with zero attached hydrogens (tertiary/aromatic N) is 1. The Morgan fingerprint density at radius 2 is 1.92 bits per heavy atom. The van der Waals surface area contributed by atoms with Crippen molar-refractivity contribution in [3.05, 3.63) is 30.0 Å². The van der Waals surface area contributed by atoms with Crippen LogP contribution in [0.4, 0.5) is 0 Å². The van der Waals surface area contributed by atoms with Crippen molar-refractivity contribution in [1.82, 2.24) is 4.98 Å². The van der Waals surface area contributed by atoms with Gasteiger partial charge in [0.25, 0.3) is 0 Å². The van der Waals surface area contributed by atoms with Crippen LogP contribution in [0.5, 0.6) is 11.5 Å². The van der Waals surface area contributed by atoms with Crippen LogP contribution in [-0.4, -0.2) is 28.7 Å². The minimum atomic E-state index is -0.0940. The summed E-state index contributed by atoms with van der Waals surface area (Å²) in [5.74, 6) is 1.64. The number of pyridine rings is 1. The third-order valence-electron chi connectivity index (χ3n) is 5.12. The minimum Gasteiger partial charge on any atom is -0.486 e. The van der Waals surface area contributed by atoms with Crippen LogP contribution in [0.25, 0.3) is 10.9 Å². The molecule has 138 valence electrons. The van der Waals surface area contributed by atoms with Gasteiger partial charge in [-0.05, 0) is 44.0 Å². The van der Waals surface area contributed by atoms with Crippen molar-refractivity contribution < 1.29 is 14.9 Å². The van der Waals surface area contributed by atoms with E-state index in [0.29, 0.717) is 6.61 Å². The molecule has 1 aromatic heterocycles. The number of halogens is 1. The van der Waals surface area contributed by atoms with Gasteiger partial charge in [0.05, 0.1) is 5.52 Å². The maximum atomic E-state index is 6.59. The first-order valence-corrected chi connectivity index (χ1v) is 8.62. The first-order chi connectivity index (χ1) is 11.1. The molecule has 1 aromatic carbocycles. The Hall–Kier alpha value is -1.56. The molecule has 0 unspecified atom stereocenters. The molecule has 1 aliphatic heterocycles. The first kappa shape index (κ1) is 19.8. The predicted octanol–water partition coefficient (Wildman–Crippen LogP) is 3.33. The molecule has 25 heavy (non-hydrogen) atoms. The molecule has 0 amide bonds. The van der Waals surface area contributed by atoms with Gasteiger partial charge < -0.3 is 20.7 Å². The SMILES string of the molecule is Cc1ccc2c3c(ccc2n1)OC[C@H](CC1(N)CCCCC1)O3.Cl.O. The van der Waals surface area contributed by atoms with Gasteiger partial charge in [-0.25, -0.2) is 0 Å². The number of ether oxygens (including phenoxy) is 2. The maximum absolute atomic E-state index is 6.59. The molecule has 6 heteroatoms. The lowest BCUT2D eigenvalue weighted by atomic mass is 9.79. The van der Waals surface area contributed by atoms with Crippen LogP contribution >= 0.6 is 12.4 Å². The lowest BCUT2D eigenvalue weighted by Gasteiger charge is -2.38. The Kier molecular flexibility index (Phi) is 6.14. The van der Waals surface area contributed by atoms with E-state index >= 15 is 0 Å². The number of hydrogen-bond acceptors (Lipinski definition) is 4. The number of aromatic nitrogens is 1. The van der Waals surface area contributed by atoms with E-state index in [9.17, 15) is 0 Å². The summed E-state index contributed by atoms with van der Waals surface area (Å²) in [5, 5.41) is 1.02. The number of hydrogen-bond donors (Lipinski definition) is 1. The molecular weight excluding hydrogens is 340 g/mol. The summed E-state index contributed by atoms with van der Waals surface area (Å²) in [4.78, 5) is 4.58. The van der Waals surface area contributed by atoms with E-state index in [1.54, 1.807) is 0 Å². The fourth-order valence-corrected chi connectivity index (χ4v) is 3.89. The zero-order chi connectivity index (χ0) is 15.9. The molecule has 1 saturated carbocycles. The third-order valence-corrected chi connectivity index (χ3v) is 5.12. The third kappa shape index (κ3) is 4.00. The van der Waals surface area contributed by atoms with Crippen molar-refractivity contribution in [2.75, 3.05) is 6.61 Å². The number of nitrogens with two attached hydrogens (primary N) is 1. The van der Waals surface area contributed by atoms with Gasteiger partial charge in [-0.3, -0.25) is 4.98 Å². The molecule has 0 saturated heterocycles. The molecule has 0 bridgehead atoms. The van der Waals surface area contributed by atoms with Gasteiger partial charge in [0.2, 0.25) is 0 Å². The van der Waals surface area contributed by atoms with Crippen LogP contribution in [0.15, 0.2) is 24.3 Å². The molecule has 4 N–H and O–H groups in total. The van der Waals surface area contributed by atoms with Gasteiger partial charge >= 0.3 is 0 Å². The average Bonchev–Trinajstić information content (AvgIpc) is 2.54. The highest BCUT2D eigenvalue weighted by Gasteiger charge is 2.34. The van der Waals surface area contributed by atoms with Crippen molar-refractivity contribution in [3.63, 3.8) is 0 Å². The zero-order valence-electron chi connectivity index (χ0n) is 14.6. The first-order valence-electron chi connectivity index (χ1n) is 8.62. The molecule has 0 spiro atoms. The highest BCUT2D eigenvalue weighted by molar-refractivity contribution is 5.88. The van der Waals surface area contributed by atoms with Crippen LogP contribution in [0.1, 0.15) is 44.2 Å². The summed E-state index contributed by atoms with van der Waals surface area (Å²) in [6.45, 7) is 2.58. The van der Waals surface area contributed by atoms with Crippen molar-refractivity contribution >= 4 is 23.3 Å². The maximum Gasteiger partial charge on any atom is 0.171 e. The topological polar surface area (TPSA) is 88.9 Å². The van der Waals surface area contributed by atoms with Crippen LogP contribution < -0.4 is 15.2 Å². The van der Waals surface area contributed by atoms with Gasteiger partial charge in [0, 0.05) is 23.0 Å². The second-order valence-corrected chi connectivity index (χ2v) is 7.09. The van der Waals surface area contributed by atoms with Crippen molar-refractivity contribution in [1.29, 1.82) is 0 Å². The summed E-state index contributed by atoms with van der Waals surface area (Å²) in [7, 11) is 0. The standard InChI is InChI=1S/C19H24N2O2.ClH.H2O/c1-13-5-6-15-16(21-13)7-8-17-18(15)23-14(12-22-17)11-19(20)9-3-2-4-10-19;;/h5-8,14H,2-4,9-12,20H2,1H3;1H;1H2/t14-;;/m0../s1. The van der Waals surface area contributed by atoms with E-state index < -0.39 is 0 Å². The van der Waals surface area contributed by atoms with Gasteiger partial charge in [-0.15, -0.1) is 12.4 Å². The van der Waals surface area contributed by atoms with E-state index in [0.717, 1.165) is 47.4 Å². The smallest absolute Gasteiger partial charge is 0.171 e. The summed E-state index contributed by atoms with van der Waals surface area (Å²) in [6, 6.07) is 8.04. The number of fused-ring (bicyclic) bond motifs is 3. The fourth-order valence-electron chi connectivity index (χ4n) is 3.89. The Morgan fingerprint density at radius 3 is 2.68 bits per heavy atom. The number of rotatable bonds is 2. The molecule has 1 fully saturated rings. The van der Waals surface area contributed by atoms with Gasteiger partial charge in [-0.2, -0.15) is 0 Å². The molecule has 2 aliphatic rings. The van der Waals surface area contributed by atoms with E-state index in [1.807, 2.05) is 25.1 Å². The second kappa shape index (κ2) is 7.77. The highest BCUT2D eigenvalue weighted by atomic mass is 35.5. The summed E-state index contributed by atoms with van der Waals surface area (Å²) >= 11 is 0. The Labute approximate surface area is 154 Å². The lowest BCUT2D eigenvalue weighted by Crippen LogP contribution is -2.47. The normalized spacial score (nSPS) is 21.1. The highest BCUT2D eigenvalue weighted by Crippen LogP contribution is 2.40. The van der Waals surface area contributed by atoms with E-state index in [2.05, 4.69) is 11.1 Å². The van der Waals surface area contributed by atoms with Crippen molar-refractivity contribution in [2.24, 2.45) is 5.73 Å². The van der Waals surface area contributed by atoms with Crippen molar-refractivity contribution in [2.45, 2.75) is 57.1 Å². The monoisotopic (exact) mass is 366 g/mol. The quantitative estimate of drug-likeness (QED) is 0.882. The zero-order valence-corrected chi connectivity index (χ0v) is 15.4. The summed E-state index contributed by atoms with van der Waals surface area (Å²) in [6.07, 6.45) is 6.84. The van der Waals surface area contributed by atoms with E-state index in [1.165, 1.54) is 19.3 Å². The fraction of sp³-hybridized carbons (Fsp3) is 0.526. The van der Waals surface area contributed by atoms with E-state index in [4.69, 9.17) is 15.2 Å². The predicted molar refractivity (Wildman–Crippen MR) is 102 cm³/mol. The van der Waals surface area contributed by atoms with Crippen molar-refractivity contribution in [3.8, 4) is 11.5 Å². The van der Waals surface area contributed by atoms with Gasteiger partial charge in [0.15, 0.2) is 11.5 Å². The molecule has 0 radical (unpaired) electrons. The number of aryl methyl sites for hydroxylation is 1. The minimum absolute atomic E-state index is 0. The molecule has 4 rings (SSSR count). The molecule has 1 atom stereocenters. The van der Waals surface area contributed by atoms with Gasteiger partial charge in [0.1, 0.15) is 12.7 Å².